The predicted molar refractivity (Wildman–Crippen MR) is 154 cm³/mol. The molecule has 0 amide bonds. The third kappa shape index (κ3) is 4.68. The molecule has 0 radical (unpaired) electrons. The minimum Gasteiger partial charge on any atom is -0.207 e. The van der Waals surface area contributed by atoms with Crippen molar-refractivity contribution in [3.05, 3.63) is 126 Å². The Bertz CT molecular complexity index is 1610. The van der Waals surface area contributed by atoms with Crippen LogP contribution in [0.25, 0.3) is 21.5 Å². The van der Waals surface area contributed by atoms with Crippen molar-refractivity contribution in [1.29, 1.82) is 0 Å². The van der Waals surface area contributed by atoms with Gasteiger partial charge in [0, 0.05) is 0 Å². The van der Waals surface area contributed by atoms with Gasteiger partial charge in [-0.15, -0.1) is 0 Å². The fourth-order valence-corrected chi connectivity index (χ4v) is 6.91. The molecule has 0 aromatic heterocycles. The second kappa shape index (κ2) is 9.44. The van der Waals surface area contributed by atoms with Gasteiger partial charge in [-0.3, -0.25) is 0 Å². The average Bonchev–Trinajstić information content (AvgIpc) is 2.88. The van der Waals surface area contributed by atoms with Crippen molar-refractivity contribution in [3.63, 3.8) is 0 Å². The van der Waals surface area contributed by atoms with Gasteiger partial charge in [0.15, 0.2) is 0 Å². The molecule has 1 atom stereocenters. The first-order chi connectivity index (χ1) is 17.6. The number of hydrogen-bond donors (Lipinski definition) is 1. The van der Waals surface area contributed by atoms with Crippen LogP contribution in [0, 0.1) is 12.3 Å². The van der Waals surface area contributed by atoms with E-state index in [2.05, 4.69) is 80.1 Å². The van der Waals surface area contributed by atoms with E-state index in [4.69, 9.17) is 0 Å². The van der Waals surface area contributed by atoms with E-state index in [-0.39, 0.29) is 4.90 Å². The van der Waals surface area contributed by atoms with E-state index in [0.717, 1.165) is 38.2 Å². The molecule has 0 saturated carbocycles. The highest BCUT2D eigenvalue weighted by atomic mass is 32.2. The number of nitrogens with one attached hydrogen (secondary N) is 1. The molecule has 4 heteroatoms. The van der Waals surface area contributed by atoms with E-state index in [0.29, 0.717) is 6.42 Å². The first kappa shape index (κ1) is 25.2. The van der Waals surface area contributed by atoms with E-state index >= 15 is 0 Å². The summed E-state index contributed by atoms with van der Waals surface area (Å²) in [6.07, 6.45) is 0.494. The summed E-state index contributed by atoms with van der Waals surface area (Å²) < 4.78 is 31.2. The summed E-state index contributed by atoms with van der Waals surface area (Å²) in [5, 5.41) is 4.57. The van der Waals surface area contributed by atoms with Gasteiger partial charge < -0.3 is 0 Å². The number of sulfonamides is 1. The Labute approximate surface area is 220 Å². The van der Waals surface area contributed by atoms with Crippen LogP contribution in [0.4, 0.5) is 0 Å². The summed E-state index contributed by atoms with van der Waals surface area (Å²) in [5.41, 5.74) is 1.70. The van der Waals surface area contributed by atoms with Crippen molar-refractivity contribution >= 4 is 31.6 Å². The van der Waals surface area contributed by atoms with E-state index < -0.39 is 21.0 Å². The monoisotopic (exact) mass is 507 g/mol. The molecule has 37 heavy (non-hydrogen) atoms. The lowest BCUT2D eigenvalue weighted by atomic mass is 9.66. The molecule has 5 rings (SSSR count). The Balaban J connectivity index is 1.79. The van der Waals surface area contributed by atoms with Gasteiger partial charge in [0.25, 0.3) is 0 Å². The van der Waals surface area contributed by atoms with Gasteiger partial charge in [0.2, 0.25) is 10.0 Å². The summed E-state index contributed by atoms with van der Waals surface area (Å²) in [6, 6.07) is 36.0. The zero-order valence-electron chi connectivity index (χ0n) is 21.8. The molecule has 0 fully saturated rings. The molecule has 0 aliphatic heterocycles. The molecule has 0 saturated heterocycles. The van der Waals surface area contributed by atoms with Crippen molar-refractivity contribution in [1.82, 2.24) is 4.72 Å². The Morgan fingerprint density at radius 3 is 1.73 bits per heavy atom. The Hall–Kier alpha value is -3.47. The van der Waals surface area contributed by atoms with Crippen LogP contribution < -0.4 is 4.72 Å². The zero-order chi connectivity index (χ0) is 26.3. The Morgan fingerprint density at radius 2 is 1.19 bits per heavy atom. The lowest BCUT2D eigenvalue weighted by Crippen LogP contribution is -2.55. The highest BCUT2D eigenvalue weighted by Gasteiger charge is 2.47. The molecule has 1 N–H and O–H groups in total. The molecule has 0 spiro atoms. The van der Waals surface area contributed by atoms with E-state index in [1.165, 1.54) is 0 Å². The van der Waals surface area contributed by atoms with Crippen LogP contribution in [-0.4, -0.2) is 8.42 Å². The molecule has 0 heterocycles. The third-order valence-corrected chi connectivity index (χ3v) is 9.02. The Kier molecular flexibility index (Phi) is 6.43. The van der Waals surface area contributed by atoms with E-state index in [1.807, 2.05) is 49.4 Å². The molecule has 5 aromatic rings. The molecule has 0 aliphatic carbocycles. The smallest absolute Gasteiger partial charge is 0.207 e. The standard InChI is InChI=1S/C33H33NO2S/c1-24-18-20-28(21-19-24)37(35,36)34-33(32(2,3)4,27-14-6-5-7-15-27)23-31-29-16-10-8-12-25(29)22-26-13-9-11-17-30(26)31/h5-22,34H,23H2,1-4H3. The molecule has 3 nitrogen and oxygen atoms in total. The van der Waals surface area contributed by atoms with Crippen molar-refractivity contribution in [3.8, 4) is 0 Å². The van der Waals surface area contributed by atoms with Gasteiger partial charge in [-0.2, -0.15) is 4.72 Å². The van der Waals surface area contributed by atoms with Crippen LogP contribution in [0.3, 0.4) is 0 Å². The molecule has 188 valence electrons. The first-order valence-corrected chi connectivity index (χ1v) is 14.1. The SMILES string of the molecule is Cc1ccc(S(=O)(=O)NC(Cc2c3ccccc3cc3ccccc23)(c2ccccc2)C(C)(C)C)cc1. The minimum atomic E-state index is -3.84. The zero-order valence-corrected chi connectivity index (χ0v) is 22.6. The summed E-state index contributed by atoms with van der Waals surface area (Å²) >= 11 is 0. The highest BCUT2D eigenvalue weighted by molar-refractivity contribution is 7.89. The lowest BCUT2D eigenvalue weighted by molar-refractivity contribution is 0.165. The number of aryl methyl sites for hydroxylation is 1. The number of benzene rings is 5. The van der Waals surface area contributed by atoms with Gasteiger partial charge in [-0.25, -0.2) is 8.42 Å². The largest absolute Gasteiger partial charge is 0.241 e. The van der Waals surface area contributed by atoms with Crippen LogP contribution >= 0.6 is 0 Å². The van der Waals surface area contributed by atoms with Gasteiger partial charge in [-0.05, 0) is 69.6 Å². The number of rotatable bonds is 6. The lowest BCUT2D eigenvalue weighted by Gasteiger charge is -2.46. The topological polar surface area (TPSA) is 46.2 Å². The predicted octanol–water partition coefficient (Wildman–Crippen LogP) is 7.76. The Morgan fingerprint density at radius 1 is 0.676 bits per heavy atom. The van der Waals surface area contributed by atoms with Crippen LogP contribution in [0.1, 0.15) is 37.5 Å². The van der Waals surface area contributed by atoms with Crippen molar-refractivity contribution in [2.45, 2.75) is 44.6 Å². The molecule has 5 aromatic carbocycles. The molecule has 0 bridgehead atoms. The maximum absolute atomic E-state index is 14.0. The summed E-state index contributed by atoms with van der Waals surface area (Å²) in [4.78, 5) is 0.269. The fourth-order valence-electron chi connectivity index (χ4n) is 5.34. The highest BCUT2D eigenvalue weighted by Crippen LogP contribution is 2.45. The molecule has 0 aliphatic rings. The van der Waals surface area contributed by atoms with Gasteiger partial charge >= 0.3 is 0 Å². The maximum atomic E-state index is 14.0. The van der Waals surface area contributed by atoms with Gasteiger partial charge in [-0.1, -0.05) is 117 Å². The summed E-state index contributed by atoms with van der Waals surface area (Å²) in [6.45, 7) is 8.31. The molecular formula is C33H33NO2S. The third-order valence-electron chi connectivity index (χ3n) is 7.51. The summed E-state index contributed by atoms with van der Waals surface area (Å²) in [5.74, 6) is 0. The van der Waals surface area contributed by atoms with E-state index in [1.54, 1.807) is 12.1 Å². The normalized spacial score (nSPS) is 14.1. The second-order valence-electron chi connectivity index (χ2n) is 10.9. The number of fused-ring (bicyclic) bond motifs is 2. The molecular weight excluding hydrogens is 474 g/mol. The van der Waals surface area contributed by atoms with Crippen LogP contribution in [0.2, 0.25) is 0 Å². The molecule has 1 unspecified atom stereocenters. The average molecular weight is 508 g/mol. The maximum Gasteiger partial charge on any atom is 0.241 e. The summed E-state index contributed by atoms with van der Waals surface area (Å²) in [7, 11) is -3.84. The van der Waals surface area contributed by atoms with Gasteiger partial charge in [0.05, 0.1) is 10.4 Å². The number of hydrogen-bond acceptors (Lipinski definition) is 2. The first-order valence-electron chi connectivity index (χ1n) is 12.7. The van der Waals surface area contributed by atoms with Crippen LogP contribution in [0.5, 0.6) is 0 Å². The fraction of sp³-hybridized carbons (Fsp3) is 0.212. The van der Waals surface area contributed by atoms with Gasteiger partial charge in [0.1, 0.15) is 0 Å². The van der Waals surface area contributed by atoms with Crippen molar-refractivity contribution in [2.75, 3.05) is 0 Å². The van der Waals surface area contributed by atoms with Crippen LogP contribution in [-0.2, 0) is 22.0 Å². The minimum absolute atomic E-state index is 0.269. The van der Waals surface area contributed by atoms with Crippen molar-refractivity contribution in [2.24, 2.45) is 5.41 Å². The van der Waals surface area contributed by atoms with E-state index in [9.17, 15) is 8.42 Å². The second-order valence-corrected chi connectivity index (χ2v) is 12.6. The van der Waals surface area contributed by atoms with Crippen molar-refractivity contribution < 1.29 is 8.42 Å². The van der Waals surface area contributed by atoms with Crippen LogP contribution in [0.15, 0.2) is 114 Å². The quantitative estimate of drug-likeness (QED) is 0.239.